The third-order valence-electron chi connectivity index (χ3n) is 1.41. The number of hydrogen-bond donors (Lipinski definition) is 1. The van der Waals surface area contributed by atoms with Crippen LogP contribution in [-0.2, 0) is 10.1 Å². The second-order valence-corrected chi connectivity index (χ2v) is 5.14. The first kappa shape index (κ1) is 12.2. The van der Waals surface area contributed by atoms with Gasteiger partial charge in [-0.1, -0.05) is 0 Å². The van der Waals surface area contributed by atoms with Crippen LogP contribution in [0.1, 0.15) is 0 Å². The predicted molar refractivity (Wildman–Crippen MR) is 52.3 cm³/mol. The highest BCUT2D eigenvalue weighted by molar-refractivity contribution is 7.98. The van der Waals surface area contributed by atoms with Crippen molar-refractivity contribution in [3.05, 3.63) is 0 Å². The predicted octanol–water partition coefficient (Wildman–Crippen LogP) is 0.169. The molecule has 0 amide bonds. The standard InChI is InChI=1S/C6H15NO3S2/c1-7(3-5-11-2)4-6-12(8,9)10/h3-6H2,1-2H3,(H,8,9,10). The highest BCUT2D eigenvalue weighted by atomic mass is 32.2. The van der Waals surface area contributed by atoms with Crippen LogP contribution in [0.25, 0.3) is 0 Å². The molecule has 0 bridgehead atoms. The van der Waals surface area contributed by atoms with E-state index >= 15 is 0 Å². The Morgan fingerprint density at radius 3 is 2.42 bits per heavy atom. The molecule has 0 aliphatic rings. The molecule has 0 heterocycles. The van der Waals surface area contributed by atoms with Crippen molar-refractivity contribution >= 4 is 21.9 Å². The molecule has 0 saturated heterocycles. The number of thioether (sulfide) groups is 1. The maximum atomic E-state index is 10.3. The van der Waals surface area contributed by atoms with Gasteiger partial charge in [-0.05, 0) is 13.3 Å². The molecule has 0 aliphatic heterocycles. The first-order valence-electron chi connectivity index (χ1n) is 3.58. The van der Waals surface area contributed by atoms with Crippen molar-refractivity contribution in [2.24, 2.45) is 0 Å². The van der Waals surface area contributed by atoms with Gasteiger partial charge in [0.1, 0.15) is 0 Å². The number of rotatable bonds is 6. The Bertz CT molecular complexity index is 203. The Morgan fingerprint density at radius 1 is 1.42 bits per heavy atom. The van der Waals surface area contributed by atoms with E-state index in [0.717, 1.165) is 12.3 Å². The molecule has 0 spiro atoms. The lowest BCUT2D eigenvalue weighted by Crippen LogP contribution is -2.27. The van der Waals surface area contributed by atoms with Crippen molar-refractivity contribution in [1.29, 1.82) is 0 Å². The van der Waals surface area contributed by atoms with E-state index in [9.17, 15) is 8.42 Å². The fraction of sp³-hybridized carbons (Fsp3) is 1.00. The van der Waals surface area contributed by atoms with E-state index < -0.39 is 10.1 Å². The zero-order valence-electron chi connectivity index (χ0n) is 7.36. The normalized spacial score (nSPS) is 12.3. The minimum Gasteiger partial charge on any atom is -0.304 e. The van der Waals surface area contributed by atoms with Gasteiger partial charge in [0.25, 0.3) is 10.1 Å². The van der Waals surface area contributed by atoms with Gasteiger partial charge in [-0.3, -0.25) is 4.55 Å². The van der Waals surface area contributed by atoms with Crippen LogP contribution in [0.2, 0.25) is 0 Å². The Kier molecular flexibility index (Phi) is 5.90. The molecule has 0 saturated carbocycles. The molecular weight excluding hydrogens is 198 g/mol. The summed E-state index contributed by atoms with van der Waals surface area (Å²) in [6.45, 7) is 1.23. The first-order valence-corrected chi connectivity index (χ1v) is 6.58. The van der Waals surface area contributed by atoms with Gasteiger partial charge in [-0.15, -0.1) is 0 Å². The largest absolute Gasteiger partial charge is 0.304 e. The molecule has 0 fully saturated rings. The summed E-state index contributed by atoms with van der Waals surface area (Å²) in [7, 11) is -1.96. The average molecular weight is 213 g/mol. The summed E-state index contributed by atoms with van der Waals surface area (Å²) in [5.41, 5.74) is 0. The Labute approximate surface area is 78.1 Å². The molecule has 0 aromatic carbocycles. The van der Waals surface area contributed by atoms with Crippen LogP contribution in [0.3, 0.4) is 0 Å². The summed E-state index contributed by atoms with van der Waals surface area (Å²) in [5, 5.41) is 0. The van der Waals surface area contributed by atoms with Crippen molar-refractivity contribution < 1.29 is 13.0 Å². The van der Waals surface area contributed by atoms with Gasteiger partial charge in [0.2, 0.25) is 0 Å². The molecule has 0 unspecified atom stereocenters. The van der Waals surface area contributed by atoms with Gasteiger partial charge in [-0.25, -0.2) is 0 Å². The topological polar surface area (TPSA) is 57.6 Å². The van der Waals surface area contributed by atoms with E-state index in [0.29, 0.717) is 6.54 Å². The van der Waals surface area contributed by atoms with Crippen LogP contribution in [0, 0.1) is 0 Å². The quantitative estimate of drug-likeness (QED) is 0.637. The molecule has 1 N–H and O–H groups in total. The van der Waals surface area contributed by atoms with Crippen LogP contribution in [0.4, 0.5) is 0 Å². The molecule has 0 aromatic rings. The van der Waals surface area contributed by atoms with Gasteiger partial charge in [-0.2, -0.15) is 20.2 Å². The molecule has 4 nitrogen and oxygen atoms in total. The Morgan fingerprint density at radius 2 is 2.00 bits per heavy atom. The van der Waals surface area contributed by atoms with Crippen molar-refractivity contribution in [2.45, 2.75) is 0 Å². The highest BCUT2D eigenvalue weighted by Gasteiger charge is 2.06. The van der Waals surface area contributed by atoms with Crippen LogP contribution >= 0.6 is 11.8 Å². The maximum absolute atomic E-state index is 10.3. The molecular formula is C6H15NO3S2. The lowest BCUT2D eigenvalue weighted by atomic mass is 10.6. The number of nitrogens with zero attached hydrogens (tertiary/aromatic N) is 1. The van der Waals surface area contributed by atoms with Gasteiger partial charge in [0.05, 0.1) is 5.75 Å². The van der Waals surface area contributed by atoms with Gasteiger partial charge in [0, 0.05) is 18.8 Å². The van der Waals surface area contributed by atoms with Gasteiger partial charge >= 0.3 is 0 Å². The van der Waals surface area contributed by atoms with E-state index in [2.05, 4.69) is 0 Å². The second kappa shape index (κ2) is 5.80. The average Bonchev–Trinajstić information content (AvgIpc) is 1.95. The third kappa shape index (κ3) is 8.32. The van der Waals surface area contributed by atoms with E-state index in [1.54, 1.807) is 11.8 Å². The Hall–Kier alpha value is 0.220. The molecule has 12 heavy (non-hydrogen) atoms. The Balaban J connectivity index is 3.51. The van der Waals surface area contributed by atoms with Crippen molar-refractivity contribution in [2.75, 3.05) is 37.9 Å². The van der Waals surface area contributed by atoms with Crippen LogP contribution < -0.4 is 0 Å². The summed E-state index contributed by atoms with van der Waals surface area (Å²) in [4.78, 5) is 1.88. The van der Waals surface area contributed by atoms with Gasteiger partial charge < -0.3 is 4.90 Å². The van der Waals surface area contributed by atoms with E-state index in [1.807, 2.05) is 18.2 Å². The van der Waals surface area contributed by atoms with Gasteiger partial charge in [0.15, 0.2) is 0 Å². The highest BCUT2D eigenvalue weighted by Crippen LogP contribution is 1.93. The molecule has 0 aromatic heterocycles. The fourth-order valence-corrected chi connectivity index (χ4v) is 1.67. The van der Waals surface area contributed by atoms with Crippen molar-refractivity contribution in [3.8, 4) is 0 Å². The summed E-state index contributed by atoms with van der Waals surface area (Å²) in [5.74, 6) is 0.792. The lowest BCUT2D eigenvalue weighted by Gasteiger charge is -2.14. The minimum atomic E-state index is -3.79. The van der Waals surface area contributed by atoms with E-state index in [4.69, 9.17) is 4.55 Å². The van der Waals surface area contributed by atoms with E-state index in [1.165, 1.54) is 0 Å². The monoisotopic (exact) mass is 213 g/mol. The molecule has 0 rings (SSSR count). The summed E-state index contributed by atoms with van der Waals surface area (Å²) in [6.07, 6.45) is 2.00. The summed E-state index contributed by atoms with van der Waals surface area (Å²) in [6, 6.07) is 0. The molecule has 0 aliphatic carbocycles. The molecule has 0 atom stereocenters. The second-order valence-electron chi connectivity index (χ2n) is 2.58. The van der Waals surface area contributed by atoms with Crippen LogP contribution in [0.5, 0.6) is 0 Å². The molecule has 74 valence electrons. The minimum absolute atomic E-state index is 0.183. The van der Waals surface area contributed by atoms with E-state index in [-0.39, 0.29) is 5.75 Å². The zero-order chi connectivity index (χ0) is 9.61. The van der Waals surface area contributed by atoms with Crippen LogP contribution in [0.15, 0.2) is 0 Å². The first-order chi connectivity index (χ1) is 5.45. The lowest BCUT2D eigenvalue weighted by molar-refractivity contribution is 0.370. The SMILES string of the molecule is CSCCN(C)CCS(=O)(=O)O. The third-order valence-corrected chi connectivity index (χ3v) is 2.70. The zero-order valence-corrected chi connectivity index (χ0v) is 8.99. The van der Waals surface area contributed by atoms with Crippen molar-refractivity contribution in [3.63, 3.8) is 0 Å². The fourth-order valence-electron chi connectivity index (χ4n) is 0.630. The van der Waals surface area contributed by atoms with Crippen molar-refractivity contribution in [1.82, 2.24) is 4.90 Å². The maximum Gasteiger partial charge on any atom is 0.266 e. The number of hydrogen-bond acceptors (Lipinski definition) is 4. The summed E-state index contributed by atoms with van der Waals surface area (Å²) < 4.78 is 29.1. The molecule has 0 radical (unpaired) electrons. The summed E-state index contributed by atoms with van der Waals surface area (Å²) >= 11 is 1.71. The molecule has 6 heteroatoms. The van der Waals surface area contributed by atoms with Crippen LogP contribution in [-0.4, -0.2) is 55.8 Å². The smallest absolute Gasteiger partial charge is 0.266 e.